The Hall–Kier alpha value is -1.07. The summed E-state index contributed by atoms with van der Waals surface area (Å²) in [5.74, 6) is -0.534. The minimum absolute atomic E-state index is 0.00639. The Morgan fingerprint density at radius 3 is 2.90 bits per heavy atom. The van der Waals surface area contributed by atoms with Crippen molar-refractivity contribution >= 4 is 21.9 Å². The summed E-state index contributed by atoms with van der Waals surface area (Å²) in [6.07, 6.45) is 5.08. The maximum absolute atomic E-state index is 11.3. The van der Waals surface area contributed by atoms with E-state index in [4.69, 9.17) is 9.47 Å². The molecule has 5 heteroatoms. The molecule has 0 aromatic heterocycles. The van der Waals surface area contributed by atoms with E-state index < -0.39 is 5.97 Å². The maximum atomic E-state index is 11.3. The fourth-order valence-electron chi connectivity index (χ4n) is 2.97. The van der Waals surface area contributed by atoms with E-state index in [0.29, 0.717) is 16.8 Å². The number of rotatable bonds is 3. The largest absolute Gasteiger partial charge is 0.488 e. The Labute approximate surface area is 126 Å². The number of ether oxygens (including phenoxy) is 2. The van der Waals surface area contributed by atoms with Gasteiger partial charge in [-0.05, 0) is 47.3 Å². The van der Waals surface area contributed by atoms with Crippen LogP contribution < -0.4 is 4.74 Å². The first kappa shape index (κ1) is 13.9. The maximum Gasteiger partial charge on any atom is 0.339 e. The van der Waals surface area contributed by atoms with Gasteiger partial charge in [0.15, 0.2) is 0 Å². The summed E-state index contributed by atoms with van der Waals surface area (Å²) in [6.45, 7) is 0.692. The Morgan fingerprint density at radius 2 is 2.25 bits per heavy atom. The van der Waals surface area contributed by atoms with Gasteiger partial charge in [-0.3, -0.25) is 0 Å². The lowest BCUT2D eigenvalue weighted by Crippen LogP contribution is -2.48. The normalized spacial score (nSPS) is 24.1. The van der Waals surface area contributed by atoms with Crippen molar-refractivity contribution in [3.8, 4) is 5.75 Å². The second-order valence-corrected chi connectivity index (χ2v) is 6.39. The first-order valence-electron chi connectivity index (χ1n) is 6.92. The molecule has 1 aromatic carbocycles. The van der Waals surface area contributed by atoms with Crippen molar-refractivity contribution < 1.29 is 19.4 Å². The van der Waals surface area contributed by atoms with Crippen LogP contribution in [-0.2, 0) is 4.74 Å². The predicted molar refractivity (Wildman–Crippen MR) is 77.3 cm³/mol. The minimum atomic E-state index is -0.966. The molecule has 1 aliphatic carbocycles. The van der Waals surface area contributed by atoms with Crippen LogP contribution in [-0.4, -0.2) is 29.4 Å². The lowest BCUT2D eigenvalue weighted by atomic mass is 9.74. The summed E-state index contributed by atoms with van der Waals surface area (Å²) in [5.41, 5.74) is 0.196. The van der Waals surface area contributed by atoms with Crippen LogP contribution >= 0.6 is 15.9 Å². The first-order chi connectivity index (χ1) is 9.60. The molecule has 20 heavy (non-hydrogen) atoms. The van der Waals surface area contributed by atoms with Gasteiger partial charge in [-0.2, -0.15) is 0 Å². The molecule has 1 atom stereocenters. The molecule has 2 fully saturated rings. The highest BCUT2D eigenvalue weighted by Crippen LogP contribution is 2.43. The summed E-state index contributed by atoms with van der Waals surface area (Å²) in [6, 6.07) is 5.08. The van der Waals surface area contributed by atoms with Gasteiger partial charge in [-0.15, -0.1) is 0 Å². The average Bonchev–Trinajstić information content (AvgIpc) is 2.39. The number of carboxylic acids is 1. The van der Waals surface area contributed by atoms with Crippen LogP contribution in [0.4, 0.5) is 0 Å². The van der Waals surface area contributed by atoms with Gasteiger partial charge < -0.3 is 14.6 Å². The van der Waals surface area contributed by atoms with Crippen molar-refractivity contribution in [2.75, 3.05) is 6.61 Å². The summed E-state index contributed by atoms with van der Waals surface area (Å²) in [4.78, 5) is 11.3. The number of aromatic carboxylic acids is 1. The molecule has 1 heterocycles. The molecule has 4 nitrogen and oxygen atoms in total. The monoisotopic (exact) mass is 340 g/mol. The lowest BCUT2D eigenvalue weighted by Gasteiger charge is -2.47. The number of para-hydroxylation sites is 1. The third kappa shape index (κ3) is 2.56. The van der Waals surface area contributed by atoms with Gasteiger partial charge in [0.2, 0.25) is 0 Å². The van der Waals surface area contributed by atoms with Crippen LogP contribution in [0.25, 0.3) is 0 Å². The van der Waals surface area contributed by atoms with Gasteiger partial charge in [0.25, 0.3) is 0 Å². The van der Waals surface area contributed by atoms with E-state index in [1.807, 2.05) is 0 Å². The van der Waals surface area contributed by atoms with Crippen LogP contribution in [0.1, 0.15) is 42.5 Å². The van der Waals surface area contributed by atoms with Crippen molar-refractivity contribution in [3.63, 3.8) is 0 Å². The van der Waals surface area contributed by atoms with E-state index in [1.165, 1.54) is 6.42 Å². The van der Waals surface area contributed by atoms with Crippen molar-refractivity contribution in [1.82, 2.24) is 0 Å². The molecule has 1 aliphatic heterocycles. The molecule has 1 N–H and O–H groups in total. The Kier molecular flexibility index (Phi) is 3.73. The highest BCUT2D eigenvalue weighted by molar-refractivity contribution is 9.10. The lowest BCUT2D eigenvalue weighted by molar-refractivity contribution is -0.153. The average molecular weight is 341 g/mol. The van der Waals surface area contributed by atoms with Gasteiger partial charge in [0.05, 0.1) is 16.7 Å². The van der Waals surface area contributed by atoms with E-state index in [2.05, 4.69) is 15.9 Å². The quantitative estimate of drug-likeness (QED) is 0.912. The highest BCUT2D eigenvalue weighted by Gasteiger charge is 2.43. The molecule has 1 saturated heterocycles. The van der Waals surface area contributed by atoms with Crippen molar-refractivity contribution in [2.24, 2.45) is 0 Å². The van der Waals surface area contributed by atoms with Crippen LogP contribution in [0.2, 0.25) is 0 Å². The zero-order valence-corrected chi connectivity index (χ0v) is 12.7. The van der Waals surface area contributed by atoms with Gasteiger partial charge in [-0.25, -0.2) is 4.79 Å². The Bertz CT molecular complexity index is 525. The predicted octanol–water partition coefficient (Wildman–Crippen LogP) is 3.63. The summed E-state index contributed by atoms with van der Waals surface area (Å²) in [7, 11) is 0. The van der Waals surface area contributed by atoms with Crippen LogP contribution in [0.5, 0.6) is 5.75 Å². The molecule has 0 bridgehead atoms. The molecule has 3 rings (SSSR count). The molecule has 0 radical (unpaired) electrons. The van der Waals surface area contributed by atoms with E-state index >= 15 is 0 Å². The molecule has 1 spiro atoms. The third-order valence-electron chi connectivity index (χ3n) is 4.19. The fraction of sp³-hybridized carbons (Fsp3) is 0.533. The van der Waals surface area contributed by atoms with Gasteiger partial charge >= 0.3 is 5.97 Å². The molecule has 1 saturated carbocycles. The van der Waals surface area contributed by atoms with Crippen molar-refractivity contribution in [2.45, 2.75) is 43.8 Å². The molecule has 2 aliphatic rings. The minimum Gasteiger partial charge on any atom is -0.488 e. The van der Waals surface area contributed by atoms with Crippen LogP contribution in [0.3, 0.4) is 0 Å². The molecule has 1 unspecified atom stereocenters. The summed E-state index contributed by atoms with van der Waals surface area (Å²) < 4.78 is 12.6. The van der Waals surface area contributed by atoms with Crippen LogP contribution in [0.15, 0.2) is 22.7 Å². The standard InChI is InChI=1S/C15H17BrO4/c16-12-4-1-3-11(14(17)18)13(12)20-10-5-8-19-15(9-10)6-2-7-15/h1,3-4,10H,2,5-9H2,(H,17,18). The fourth-order valence-corrected chi connectivity index (χ4v) is 3.43. The van der Waals surface area contributed by atoms with Crippen molar-refractivity contribution in [3.05, 3.63) is 28.2 Å². The molecule has 1 aromatic rings. The Morgan fingerprint density at radius 1 is 1.45 bits per heavy atom. The highest BCUT2D eigenvalue weighted by atomic mass is 79.9. The van der Waals surface area contributed by atoms with E-state index in [1.54, 1.807) is 18.2 Å². The number of benzene rings is 1. The number of carbonyl (C=O) groups is 1. The van der Waals surface area contributed by atoms with Gasteiger partial charge in [0.1, 0.15) is 17.4 Å². The topological polar surface area (TPSA) is 55.8 Å². The smallest absolute Gasteiger partial charge is 0.339 e. The Balaban J connectivity index is 1.79. The van der Waals surface area contributed by atoms with Crippen molar-refractivity contribution in [1.29, 1.82) is 0 Å². The zero-order valence-electron chi connectivity index (χ0n) is 11.1. The molecule has 108 valence electrons. The summed E-state index contributed by atoms with van der Waals surface area (Å²) >= 11 is 3.38. The van der Waals surface area contributed by atoms with Gasteiger partial charge in [-0.1, -0.05) is 6.07 Å². The zero-order chi connectivity index (χ0) is 14.2. The number of hydrogen-bond donors (Lipinski definition) is 1. The SMILES string of the molecule is O=C(O)c1cccc(Br)c1OC1CCOC2(CCC2)C1. The van der Waals surface area contributed by atoms with E-state index in [9.17, 15) is 9.90 Å². The van der Waals surface area contributed by atoms with Crippen LogP contribution in [0, 0.1) is 0 Å². The number of halogens is 1. The summed E-state index contributed by atoms with van der Waals surface area (Å²) in [5, 5.41) is 9.25. The van der Waals surface area contributed by atoms with E-state index in [0.717, 1.165) is 25.7 Å². The second kappa shape index (κ2) is 5.37. The molecular weight excluding hydrogens is 324 g/mol. The van der Waals surface area contributed by atoms with Gasteiger partial charge in [0, 0.05) is 12.8 Å². The number of hydrogen-bond acceptors (Lipinski definition) is 3. The second-order valence-electron chi connectivity index (χ2n) is 5.54. The third-order valence-corrected chi connectivity index (χ3v) is 4.82. The molecule has 0 amide bonds. The first-order valence-corrected chi connectivity index (χ1v) is 7.71. The van der Waals surface area contributed by atoms with E-state index in [-0.39, 0.29) is 17.3 Å². The molecular formula is C15H17BrO4. The number of carboxylic acid groups (broad SMARTS) is 1.